The maximum atomic E-state index is 5.79. The van der Waals surface area contributed by atoms with E-state index < -0.39 is 0 Å². The zero-order valence-electron chi connectivity index (χ0n) is 17.0. The van der Waals surface area contributed by atoms with Crippen molar-refractivity contribution in [2.45, 2.75) is 58.9 Å². The van der Waals surface area contributed by atoms with Gasteiger partial charge in [-0.25, -0.2) is 4.98 Å². The maximum Gasteiger partial charge on any atom is 0.213 e. The van der Waals surface area contributed by atoms with E-state index in [1.54, 1.807) is 7.05 Å². The number of halogens is 1. The molecule has 1 unspecified atom stereocenters. The first kappa shape index (κ1) is 23.2. The van der Waals surface area contributed by atoms with Crippen LogP contribution in [0, 0.1) is 5.92 Å². The van der Waals surface area contributed by atoms with Crippen LogP contribution in [0.5, 0.6) is 0 Å². The Bertz CT molecular complexity index is 552. The molecule has 0 radical (unpaired) electrons. The van der Waals surface area contributed by atoms with Gasteiger partial charge in [0.15, 0.2) is 5.96 Å². The second kappa shape index (κ2) is 11.1. The third-order valence-electron chi connectivity index (χ3n) is 4.61. The van der Waals surface area contributed by atoms with Crippen LogP contribution in [0.1, 0.15) is 58.6 Å². The van der Waals surface area contributed by atoms with Crippen LogP contribution >= 0.6 is 24.0 Å². The number of nitrogens with one attached hydrogen (secondary N) is 2. The van der Waals surface area contributed by atoms with Crippen LogP contribution in [-0.4, -0.2) is 49.1 Å². The lowest BCUT2D eigenvalue weighted by Gasteiger charge is -2.30. The lowest BCUT2D eigenvalue weighted by atomic mass is 9.94. The third-order valence-corrected chi connectivity index (χ3v) is 4.61. The van der Waals surface area contributed by atoms with Crippen molar-refractivity contribution in [3.8, 4) is 0 Å². The molecule has 2 N–H and O–H groups in total. The molecule has 6 nitrogen and oxygen atoms in total. The summed E-state index contributed by atoms with van der Waals surface area (Å²) in [7, 11) is 1.79. The minimum atomic E-state index is -0.0167. The fourth-order valence-corrected chi connectivity index (χ4v) is 3.12. The van der Waals surface area contributed by atoms with Crippen molar-refractivity contribution in [3.05, 3.63) is 17.8 Å². The van der Waals surface area contributed by atoms with Crippen molar-refractivity contribution in [1.29, 1.82) is 0 Å². The quantitative estimate of drug-likeness (QED) is 0.285. The van der Waals surface area contributed by atoms with Crippen molar-refractivity contribution in [2.24, 2.45) is 10.9 Å². The molecular formula is C19H36IN5O. The highest BCUT2D eigenvalue weighted by Gasteiger charge is 2.19. The van der Waals surface area contributed by atoms with Gasteiger partial charge >= 0.3 is 0 Å². The third kappa shape index (κ3) is 7.82. The molecule has 1 saturated heterocycles. The average Bonchev–Trinajstić information content (AvgIpc) is 3.03. The van der Waals surface area contributed by atoms with Crippen molar-refractivity contribution in [2.75, 3.05) is 33.2 Å². The van der Waals surface area contributed by atoms with E-state index in [4.69, 9.17) is 4.42 Å². The first-order valence-corrected chi connectivity index (χ1v) is 9.50. The van der Waals surface area contributed by atoms with Gasteiger partial charge in [-0.15, -0.1) is 24.0 Å². The number of hydrogen-bond donors (Lipinski definition) is 2. The number of hydrogen-bond acceptors (Lipinski definition) is 4. The Balaban J connectivity index is 0.00000338. The Hall–Kier alpha value is -0.830. The molecule has 150 valence electrons. The number of rotatable bonds is 6. The molecule has 1 fully saturated rings. The Morgan fingerprint density at radius 1 is 1.38 bits per heavy atom. The second-order valence-corrected chi connectivity index (χ2v) is 8.12. The van der Waals surface area contributed by atoms with E-state index in [9.17, 15) is 0 Å². The molecule has 1 atom stereocenters. The molecule has 1 aromatic rings. The van der Waals surface area contributed by atoms with E-state index in [1.165, 1.54) is 25.9 Å². The molecule has 0 spiro atoms. The predicted octanol–water partition coefficient (Wildman–Crippen LogP) is 3.38. The number of aromatic nitrogens is 1. The Labute approximate surface area is 175 Å². The molecule has 7 heteroatoms. The van der Waals surface area contributed by atoms with Crippen LogP contribution < -0.4 is 10.6 Å². The van der Waals surface area contributed by atoms with Gasteiger partial charge in [-0.1, -0.05) is 27.7 Å². The van der Waals surface area contributed by atoms with Crippen LogP contribution in [-0.2, 0) is 12.0 Å². The number of aliphatic imine (C=N–C) groups is 1. The average molecular weight is 477 g/mol. The topological polar surface area (TPSA) is 65.7 Å². The van der Waals surface area contributed by atoms with Crippen molar-refractivity contribution >= 4 is 29.9 Å². The summed E-state index contributed by atoms with van der Waals surface area (Å²) in [6.07, 6.45) is 5.65. The molecule has 1 aliphatic rings. The van der Waals surface area contributed by atoms with Gasteiger partial charge in [0.2, 0.25) is 5.89 Å². The number of likely N-dealkylation sites (tertiary alicyclic amines) is 1. The molecule has 0 saturated carbocycles. The lowest BCUT2D eigenvalue weighted by Crippen LogP contribution is -2.39. The molecule has 1 aliphatic heterocycles. The summed E-state index contributed by atoms with van der Waals surface area (Å²) < 4.78 is 5.79. The van der Waals surface area contributed by atoms with Crippen LogP contribution in [0.4, 0.5) is 0 Å². The second-order valence-electron chi connectivity index (χ2n) is 8.12. The van der Waals surface area contributed by atoms with Gasteiger partial charge in [-0.2, -0.15) is 0 Å². The molecule has 0 amide bonds. The molecular weight excluding hydrogens is 441 g/mol. The molecule has 2 rings (SSSR count). The van der Waals surface area contributed by atoms with E-state index in [0.717, 1.165) is 37.1 Å². The van der Waals surface area contributed by atoms with Gasteiger partial charge in [0.1, 0.15) is 5.76 Å². The monoisotopic (exact) mass is 477 g/mol. The van der Waals surface area contributed by atoms with Crippen LogP contribution in [0.2, 0.25) is 0 Å². The Kier molecular flexibility index (Phi) is 9.92. The van der Waals surface area contributed by atoms with Gasteiger partial charge < -0.3 is 20.0 Å². The summed E-state index contributed by atoms with van der Waals surface area (Å²) in [5, 5.41) is 6.64. The molecule has 0 aliphatic carbocycles. The number of nitrogens with zero attached hydrogens (tertiary/aromatic N) is 3. The van der Waals surface area contributed by atoms with Crippen molar-refractivity contribution < 1.29 is 4.42 Å². The van der Waals surface area contributed by atoms with E-state index >= 15 is 0 Å². The molecule has 1 aromatic heterocycles. The maximum absolute atomic E-state index is 5.79. The number of guanidine groups is 1. The lowest BCUT2D eigenvalue weighted by molar-refractivity contribution is 0.182. The van der Waals surface area contributed by atoms with Crippen LogP contribution in [0.15, 0.2) is 15.6 Å². The number of oxazole rings is 1. The normalized spacial score (nSPS) is 19.1. The van der Waals surface area contributed by atoms with E-state index in [1.807, 2.05) is 6.20 Å². The summed E-state index contributed by atoms with van der Waals surface area (Å²) in [4.78, 5) is 11.2. The van der Waals surface area contributed by atoms with Gasteiger partial charge in [-0.05, 0) is 38.3 Å². The van der Waals surface area contributed by atoms with Crippen molar-refractivity contribution in [3.63, 3.8) is 0 Å². The minimum absolute atomic E-state index is 0. The Morgan fingerprint density at radius 2 is 2.15 bits per heavy atom. The fourth-order valence-electron chi connectivity index (χ4n) is 3.12. The van der Waals surface area contributed by atoms with Crippen LogP contribution in [0.3, 0.4) is 0 Å². The highest BCUT2D eigenvalue weighted by Crippen LogP contribution is 2.22. The van der Waals surface area contributed by atoms with Crippen molar-refractivity contribution in [1.82, 2.24) is 20.5 Å². The van der Waals surface area contributed by atoms with Gasteiger partial charge in [0.25, 0.3) is 0 Å². The zero-order chi connectivity index (χ0) is 18.3. The fraction of sp³-hybridized carbons (Fsp3) is 0.789. The molecule has 0 aromatic carbocycles. The van der Waals surface area contributed by atoms with E-state index in [2.05, 4.69) is 53.2 Å². The minimum Gasteiger partial charge on any atom is -0.443 e. The van der Waals surface area contributed by atoms with Gasteiger partial charge in [-0.3, -0.25) is 4.99 Å². The summed E-state index contributed by atoms with van der Waals surface area (Å²) in [6, 6.07) is 0. The number of piperidine rings is 1. The summed E-state index contributed by atoms with van der Waals surface area (Å²) >= 11 is 0. The zero-order valence-corrected chi connectivity index (χ0v) is 19.3. The SMILES string of the molecule is CN=C(NCCCN1CCCC(C)C1)NCc1ncc(C(C)(C)C)o1.I. The molecule has 26 heavy (non-hydrogen) atoms. The standard InChI is InChI=1S/C19H35N5O.HI/c1-15-8-6-10-24(14-15)11-7-9-21-18(20-5)23-13-17-22-12-16(25-17)19(2,3)4;/h12,15H,6-11,13-14H2,1-5H3,(H2,20,21,23);1H. The largest absolute Gasteiger partial charge is 0.443 e. The van der Waals surface area contributed by atoms with E-state index in [-0.39, 0.29) is 29.4 Å². The van der Waals surface area contributed by atoms with Gasteiger partial charge in [0, 0.05) is 25.6 Å². The predicted molar refractivity (Wildman–Crippen MR) is 118 cm³/mol. The van der Waals surface area contributed by atoms with Gasteiger partial charge in [0.05, 0.1) is 12.7 Å². The highest BCUT2D eigenvalue weighted by atomic mass is 127. The first-order chi connectivity index (χ1) is 11.9. The Morgan fingerprint density at radius 3 is 2.77 bits per heavy atom. The molecule has 2 heterocycles. The summed E-state index contributed by atoms with van der Waals surface area (Å²) in [5.41, 5.74) is -0.0167. The highest BCUT2D eigenvalue weighted by molar-refractivity contribution is 14.0. The summed E-state index contributed by atoms with van der Waals surface area (Å²) in [6.45, 7) is 13.8. The smallest absolute Gasteiger partial charge is 0.213 e. The first-order valence-electron chi connectivity index (χ1n) is 9.50. The van der Waals surface area contributed by atoms with E-state index in [0.29, 0.717) is 12.4 Å². The summed E-state index contributed by atoms with van der Waals surface area (Å²) in [5.74, 6) is 3.23. The molecule has 0 bridgehead atoms. The van der Waals surface area contributed by atoms with Crippen LogP contribution in [0.25, 0.3) is 0 Å².